The minimum Gasteiger partial charge on any atom is -0.282 e. The third kappa shape index (κ3) is 5.79. The maximum absolute atomic E-state index is 14.0. The third-order valence-electron chi connectivity index (χ3n) is 2.90. The maximum Gasteiger partial charge on any atom is 0.216 e. The van der Waals surface area contributed by atoms with Crippen molar-refractivity contribution in [2.24, 2.45) is 0 Å². The molecule has 25 heavy (non-hydrogen) atoms. The van der Waals surface area contributed by atoms with Gasteiger partial charge in [0.25, 0.3) is 0 Å². The zero-order valence-electron chi connectivity index (χ0n) is 13.1. The minimum atomic E-state index is -0.498. The molecule has 124 valence electrons. The monoisotopic (exact) mass is 368 g/mol. The van der Waals surface area contributed by atoms with Crippen LogP contribution in [-0.4, -0.2) is 10.2 Å². The highest BCUT2D eigenvalue weighted by Gasteiger charge is 2.07. The van der Waals surface area contributed by atoms with Crippen molar-refractivity contribution >= 4 is 33.8 Å². The third-order valence-corrected chi connectivity index (χ3v) is 4.69. The van der Waals surface area contributed by atoms with E-state index in [1.807, 2.05) is 0 Å². The Hall–Kier alpha value is -2.55. The summed E-state index contributed by atoms with van der Waals surface area (Å²) >= 11 is 1.87. The van der Waals surface area contributed by atoms with Gasteiger partial charge in [0.15, 0.2) is 0 Å². The fraction of sp³-hybridized carbons (Fsp3) is 0. The molecule has 0 N–H and O–H groups in total. The van der Waals surface area contributed by atoms with Crippen molar-refractivity contribution in [1.29, 1.82) is 0 Å². The molecular formula is C20H13FO2S2. The predicted molar refractivity (Wildman–Crippen MR) is 101 cm³/mol. The Kier molecular flexibility index (Phi) is 6.81. The molecule has 2 aromatic carbocycles. The molecule has 0 spiro atoms. The smallest absolute Gasteiger partial charge is 0.216 e. The molecular weight excluding hydrogens is 355 g/mol. The van der Waals surface area contributed by atoms with Crippen molar-refractivity contribution in [1.82, 2.24) is 0 Å². The highest BCUT2D eigenvalue weighted by molar-refractivity contribution is 8.14. The highest BCUT2D eigenvalue weighted by atomic mass is 32.2. The first kappa shape index (κ1) is 18.8. The summed E-state index contributed by atoms with van der Waals surface area (Å²) in [5, 5.41) is -0.437. The van der Waals surface area contributed by atoms with Gasteiger partial charge in [-0.3, -0.25) is 9.59 Å². The lowest BCUT2D eigenvalue weighted by atomic mass is 10.2. The van der Waals surface area contributed by atoms with Crippen LogP contribution in [0.3, 0.4) is 0 Å². The summed E-state index contributed by atoms with van der Waals surface area (Å²) in [6, 6.07) is 11.6. The van der Waals surface area contributed by atoms with Crippen molar-refractivity contribution in [2.75, 3.05) is 0 Å². The molecule has 5 heteroatoms. The molecule has 0 bridgehead atoms. The largest absolute Gasteiger partial charge is 0.282 e. The molecule has 2 nitrogen and oxygen atoms in total. The molecule has 0 radical (unpaired) electrons. The lowest BCUT2D eigenvalue weighted by molar-refractivity contribution is -0.107. The molecule has 0 atom stereocenters. The number of carbonyl (C=O) groups is 2. The fourth-order valence-electron chi connectivity index (χ4n) is 1.72. The number of halogens is 1. The summed E-state index contributed by atoms with van der Waals surface area (Å²) in [5.41, 5.74) is 1.25. The van der Waals surface area contributed by atoms with E-state index in [1.165, 1.54) is 18.2 Å². The number of hydrogen-bond donors (Lipinski definition) is 0. The van der Waals surface area contributed by atoms with E-state index in [4.69, 9.17) is 0 Å². The van der Waals surface area contributed by atoms with Crippen LogP contribution in [0.25, 0.3) is 0 Å². The van der Waals surface area contributed by atoms with E-state index in [-0.39, 0.29) is 15.1 Å². The van der Waals surface area contributed by atoms with E-state index < -0.39 is 5.82 Å². The van der Waals surface area contributed by atoms with E-state index in [1.54, 1.807) is 30.3 Å². The van der Waals surface area contributed by atoms with Crippen molar-refractivity contribution in [2.45, 2.75) is 9.79 Å². The average molecular weight is 368 g/mol. The van der Waals surface area contributed by atoms with Crippen molar-refractivity contribution in [3.63, 3.8) is 0 Å². The molecule has 0 fully saturated rings. The van der Waals surface area contributed by atoms with Crippen molar-refractivity contribution < 1.29 is 14.0 Å². The van der Waals surface area contributed by atoms with Crippen molar-refractivity contribution in [3.8, 4) is 11.8 Å². The SMILES string of the molecule is C=CC(=O)Sc1ccc(C#Cc2ccc(SC(=O)C=C)c(F)c2)cc1. The molecule has 0 aliphatic carbocycles. The summed E-state index contributed by atoms with van der Waals surface area (Å²) in [7, 11) is 0. The van der Waals surface area contributed by atoms with Crippen molar-refractivity contribution in [3.05, 3.63) is 84.7 Å². The fourth-order valence-corrected chi connectivity index (χ4v) is 2.90. The van der Waals surface area contributed by atoms with Gasteiger partial charge in [0, 0.05) is 16.0 Å². The van der Waals surface area contributed by atoms with Crippen LogP contribution in [0.15, 0.2) is 77.6 Å². The number of carbonyl (C=O) groups excluding carboxylic acids is 2. The lowest BCUT2D eigenvalue weighted by Gasteiger charge is -2.00. The number of thioether (sulfide) groups is 2. The van der Waals surface area contributed by atoms with Crippen LogP contribution < -0.4 is 0 Å². The quantitative estimate of drug-likeness (QED) is 0.440. The summed E-state index contributed by atoms with van der Waals surface area (Å²) in [6.45, 7) is 6.78. The first-order valence-electron chi connectivity index (χ1n) is 7.12. The topological polar surface area (TPSA) is 34.1 Å². The van der Waals surface area contributed by atoms with Gasteiger partial charge in [-0.1, -0.05) is 25.0 Å². The Labute approximate surface area is 154 Å². The van der Waals surface area contributed by atoms with Crippen LogP contribution >= 0.6 is 23.5 Å². The first-order chi connectivity index (χ1) is 12.0. The van der Waals surface area contributed by atoms with E-state index in [2.05, 4.69) is 25.0 Å². The molecule has 0 aliphatic rings. The highest BCUT2D eigenvalue weighted by Crippen LogP contribution is 2.23. The van der Waals surface area contributed by atoms with Gasteiger partial charge in [-0.25, -0.2) is 4.39 Å². The standard InChI is InChI=1S/C20H13FO2S2/c1-3-19(22)24-16-10-7-14(8-11-16)5-6-15-9-12-18(17(21)13-15)25-20(23)4-2/h3-4,7-13H,1-2H2. The second kappa shape index (κ2) is 9.07. The molecule has 2 rings (SSSR count). The Morgan fingerprint density at radius 1 is 0.880 bits per heavy atom. The Morgan fingerprint density at radius 3 is 2.04 bits per heavy atom. The molecule has 0 saturated carbocycles. The second-order valence-electron chi connectivity index (χ2n) is 4.67. The molecule has 0 unspecified atom stereocenters. The number of rotatable bonds is 4. The van der Waals surface area contributed by atoms with Crippen LogP contribution in [0.1, 0.15) is 11.1 Å². The molecule has 0 aliphatic heterocycles. The lowest BCUT2D eigenvalue weighted by Crippen LogP contribution is -1.88. The minimum absolute atomic E-state index is 0.123. The first-order valence-corrected chi connectivity index (χ1v) is 8.75. The predicted octanol–water partition coefficient (Wildman–Crippen LogP) is 4.83. The zero-order valence-corrected chi connectivity index (χ0v) is 14.8. The van der Waals surface area contributed by atoms with Crippen LogP contribution in [-0.2, 0) is 9.59 Å². The van der Waals surface area contributed by atoms with E-state index in [9.17, 15) is 14.0 Å². The molecule has 0 amide bonds. The van der Waals surface area contributed by atoms with Gasteiger partial charge in [0.2, 0.25) is 10.2 Å². The molecule has 0 saturated heterocycles. The Bertz CT molecular complexity index is 890. The zero-order chi connectivity index (χ0) is 18.2. The maximum atomic E-state index is 14.0. The van der Waals surface area contributed by atoms with Crippen LogP contribution in [0.4, 0.5) is 4.39 Å². The summed E-state index contributed by atoms with van der Waals surface area (Å²) in [5.74, 6) is 5.31. The van der Waals surface area contributed by atoms with E-state index in [0.717, 1.165) is 40.1 Å². The van der Waals surface area contributed by atoms with Gasteiger partial charge in [0.05, 0.1) is 4.90 Å². The summed E-state index contributed by atoms with van der Waals surface area (Å²) < 4.78 is 14.0. The van der Waals surface area contributed by atoms with Gasteiger partial charge >= 0.3 is 0 Å². The second-order valence-corrected chi connectivity index (χ2v) is 6.79. The normalized spacial score (nSPS) is 9.64. The van der Waals surface area contributed by atoms with Crippen LogP contribution in [0.2, 0.25) is 0 Å². The molecule has 0 aromatic heterocycles. The van der Waals surface area contributed by atoms with Crippen LogP contribution in [0, 0.1) is 17.7 Å². The summed E-state index contributed by atoms with van der Waals surface area (Å²) in [6.07, 6.45) is 2.40. The van der Waals surface area contributed by atoms with E-state index >= 15 is 0 Å². The van der Waals surface area contributed by atoms with Gasteiger partial charge < -0.3 is 0 Å². The van der Waals surface area contributed by atoms with Gasteiger partial charge in [-0.05, 0) is 78.1 Å². The van der Waals surface area contributed by atoms with Gasteiger partial charge in [0.1, 0.15) is 5.82 Å². The van der Waals surface area contributed by atoms with Gasteiger partial charge in [-0.15, -0.1) is 0 Å². The summed E-state index contributed by atoms with van der Waals surface area (Å²) in [4.78, 5) is 23.6. The number of benzene rings is 2. The molecule has 0 heterocycles. The molecule has 2 aromatic rings. The Balaban J connectivity index is 2.11. The average Bonchev–Trinajstić information content (AvgIpc) is 2.62. The van der Waals surface area contributed by atoms with Crippen LogP contribution in [0.5, 0.6) is 0 Å². The van der Waals surface area contributed by atoms with E-state index in [0.29, 0.717) is 5.56 Å². The Morgan fingerprint density at radius 2 is 1.44 bits per heavy atom. The number of hydrogen-bond acceptors (Lipinski definition) is 4. The van der Waals surface area contributed by atoms with Gasteiger partial charge in [-0.2, -0.15) is 0 Å².